The second-order valence-corrected chi connectivity index (χ2v) is 8.73. The van der Waals surface area contributed by atoms with Gasteiger partial charge in [-0.2, -0.15) is 0 Å². The summed E-state index contributed by atoms with van der Waals surface area (Å²) in [6, 6.07) is 12.7. The highest BCUT2D eigenvalue weighted by molar-refractivity contribution is 8.16. The molecule has 0 saturated carbocycles. The number of carbonyl (C=O) groups is 2. The van der Waals surface area contributed by atoms with E-state index in [1.54, 1.807) is 25.1 Å². The topological polar surface area (TPSA) is 71.0 Å². The first-order valence-corrected chi connectivity index (χ1v) is 11.4. The van der Waals surface area contributed by atoms with Crippen LogP contribution in [0.2, 0.25) is 5.02 Å². The van der Waals surface area contributed by atoms with Gasteiger partial charge in [0.2, 0.25) is 5.91 Å². The number of ether oxygens (including phenoxy) is 1. The second-order valence-electron chi connectivity index (χ2n) is 7.49. The molecule has 2 aromatic rings. The standard InChI is InChI=1S/C24H21ClFN3O3S/c1-14-21(23(31)32-2)22(18-8-3-4-9-19(18)25)29-17(13-33-24(29)28-14)11-20(30)27-12-15-6-5-7-16(26)10-15/h3-10,13,22H,11-12H2,1-2H3,(H,27,30)/t22-/m0/s1. The van der Waals surface area contributed by atoms with Crippen LogP contribution in [0.1, 0.15) is 30.5 Å². The molecule has 6 nitrogen and oxygen atoms in total. The van der Waals surface area contributed by atoms with Gasteiger partial charge in [-0.05, 0) is 41.7 Å². The molecule has 0 aliphatic carbocycles. The normalized spacial score (nSPS) is 17.3. The summed E-state index contributed by atoms with van der Waals surface area (Å²) in [6.07, 6.45) is 0.0514. The van der Waals surface area contributed by atoms with Crippen LogP contribution >= 0.6 is 23.4 Å². The van der Waals surface area contributed by atoms with E-state index in [2.05, 4.69) is 10.3 Å². The van der Waals surface area contributed by atoms with Crippen molar-refractivity contribution in [1.29, 1.82) is 0 Å². The number of hydrogen-bond acceptors (Lipinski definition) is 6. The number of allylic oxidation sites excluding steroid dienone is 1. The highest BCUT2D eigenvalue weighted by atomic mass is 35.5. The SMILES string of the molecule is COC(=O)C1=C(C)N=C2SC=C(CC(=O)NCc3cccc(F)c3)N2[C@H]1c1ccccc1Cl. The van der Waals surface area contributed by atoms with Gasteiger partial charge in [0.1, 0.15) is 5.82 Å². The van der Waals surface area contributed by atoms with E-state index in [0.717, 1.165) is 0 Å². The monoisotopic (exact) mass is 485 g/mol. The smallest absolute Gasteiger partial charge is 0.338 e. The van der Waals surface area contributed by atoms with Crippen molar-refractivity contribution in [2.45, 2.75) is 25.9 Å². The molecule has 1 amide bonds. The van der Waals surface area contributed by atoms with Crippen LogP contribution in [0.3, 0.4) is 0 Å². The van der Waals surface area contributed by atoms with E-state index in [-0.39, 0.29) is 24.7 Å². The third-order valence-electron chi connectivity index (χ3n) is 5.33. The van der Waals surface area contributed by atoms with Crippen LogP contribution in [-0.2, 0) is 20.9 Å². The molecule has 9 heteroatoms. The Balaban J connectivity index is 1.60. The molecule has 0 bridgehead atoms. The van der Waals surface area contributed by atoms with Crippen LogP contribution in [0.25, 0.3) is 0 Å². The molecule has 0 spiro atoms. The van der Waals surface area contributed by atoms with Gasteiger partial charge in [0.05, 0.1) is 30.8 Å². The van der Waals surface area contributed by atoms with Gasteiger partial charge < -0.3 is 15.0 Å². The second kappa shape index (κ2) is 9.80. The minimum Gasteiger partial charge on any atom is -0.466 e. The fourth-order valence-corrected chi connectivity index (χ4v) is 5.01. The quantitative estimate of drug-likeness (QED) is 0.587. The third kappa shape index (κ3) is 4.82. The molecule has 0 radical (unpaired) electrons. The number of benzene rings is 2. The summed E-state index contributed by atoms with van der Waals surface area (Å²) in [7, 11) is 1.32. The molecular weight excluding hydrogens is 465 g/mol. The molecule has 170 valence electrons. The van der Waals surface area contributed by atoms with E-state index < -0.39 is 12.0 Å². The Hall–Kier alpha value is -3.10. The Morgan fingerprint density at radius 3 is 2.76 bits per heavy atom. The van der Waals surface area contributed by atoms with E-state index in [1.807, 2.05) is 28.5 Å². The predicted octanol–water partition coefficient (Wildman–Crippen LogP) is 4.93. The average molecular weight is 486 g/mol. The number of fused-ring (bicyclic) bond motifs is 1. The summed E-state index contributed by atoms with van der Waals surface area (Å²) < 4.78 is 18.4. The maximum absolute atomic E-state index is 13.4. The van der Waals surface area contributed by atoms with Gasteiger partial charge in [0, 0.05) is 17.3 Å². The number of rotatable bonds is 6. The number of esters is 1. The van der Waals surface area contributed by atoms with Gasteiger partial charge in [0.25, 0.3) is 0 Å². The van der Waals surface area contributed by atoms with Crippen molar-refractivity contribution in [2.75, 3.05) is 7.11 Å². The minimum atomic E-state index is -0.587. The zero-order valence-electron chi connectivity index (χ0n) is 18.0. The molecule has 1 N–H and O–H groups in total. The zero-order valence-corrected chi connectivity index (χ0v) is 19.5. The molecule has 0 unspecified atom stereocenters. The highest BCUT2D eigenvalue weighted by Crippen LogP contribution is 2.46. The van der Waals surface area contributed by atoms with Crippen molar-refractivity contribution in [2.24, 2.45) is 4.99 Å². The molecule has 2 aliphatic heterocycles. The first kappa shape index (κ1) is 23.1. The van der Waals surface area contributed by atoms with Crippen molar-refractivity contribution in [3.8, 4) is 0 Å². The highest BCUT2D eigenvalue weighted by Gasteiger charge is 2.41. The maximum atomic E-state index is 13.4. The van der Waals surface area contributed by atoms with Crippen molar-refractivity contribution in [1.82, 2.24) is 10.2 Å². The molecule has 0 saturated heterocycles. The Labute approximate surface area is 200 Å². The molecule has 1 atom stereocenters. The van der Waals surface area contributed by atoms with Crippen LogP contribution in [-0.4, -0.2) is 29.1 Å². The number of thioether (sulfide) groups is 1. The first-order chi connectivity index (χ1) is 15.9. The summed E-state index contributed by atoms with van der Waals surface area (Å²) in [5.41, 5.74) is 2.95. The number of carbonyl (C=O) groups excluding carboxylic acids is 2. The van der Waals surface area contributed by atoms with Crippen LogP contribution in [0, 0.1) is 5.82 Å². The molecule has 4 rings (SSSR count). The van der Waals surface area contributed by atoms with Crippen LogP contribution in [0.5, 0.6) is 0 Å². The lowest BCUT2D eigenvalue weighted by atomic mass is 9.94. The lowest BCUT2D eigenvalue weighted by Gasteiger charge is -2.36. The van der Waals surface area contributed by atoms with E-state index >= 15 is 0 Å². The Bertz CT molecular complexity index is 1210. The largest absolute Gasteiger partial charge is 0.466 e. The first-order valence-electron chi connectivity index (χ1n) is 10.2. The number of methoxy groups -OCH3 is 1. The Morgan fingerprint density at radius 1 is 1.24 bits per heavy atom. The van der Waals surface area contributed by atoms with Crippen LogP contribution in [0.15, 0.2) is 75.9 Å². The van der Waals surface area contributed by atoms with Crippen LogP contribution < -0.4 is 5.32 Å². The molecular formula is C24H21ClFN3O3S. The molecule has 2 heterocycles. The number of amidine groups is 1. The van der Waals surface area contributed by atoms with E-state index in [1.165, 1.54) is 31.0 Å². The summed E-state index contributed by atoms with van der Waals surface area (Å²) in [4.78, 5) is 31.9. The van der Waals surface area contributed by atoms with Gasteiger partial charge in [-0.1, -0.05) is 53.7 Å². The maximum Gasteiger partial charge on any atom is 0.338 e. The molecule has 2 aliphatic rings. The number of aliphatic imine (C=N–C) groups is 1. The number of nitrogens with one attached hydrogen (secondary N) is 1. The lowest BCUT2D eigenvalue weighted by molar-refractivity contribution is -0.136. The Morgan fingerprint density at radius 2 is 2.03 bits per heavy atom. The molecule has 0 aromatic heterocycles. The molecule has 2 aromatic carbocycles. The summed E-state index contributed by atoms with van der Waals surface area (Å²) in [6.45, 7) is 1.96. The predicted molar refractivity (Wildman–Crippen MR) is 127 cm³/mol. The van der Waals surface area contributed by atoms with Gasteiger partial charge >= 0.3 is 5.97 Å². The number of hydrogen-bond donors (Lipinski definition) is 1. The van der Waals surface area contributed by atoms with E-state index in [4.69, 9.17) is 16.3 Å². The summed E-state index contributed by atoms with van der Waals surface area (Å²) in [5.74, 6) is -1.10. The summed E-state index contributed by atoms with van der Waals surface area (Å²) in [5, 5.41) is 5.80. The van der Waals surface area contributed by atoms with Crippen molar-refractivity contribution < 1.29 is 18.7 Å². The van der Waals surface area contributed by atoms with Crippen molar-refractivity contribution >= 4 is 40.4 Å². The van der Waals surface area contributed by atoms with Crippen LogP contribution in [0.4, 0.5) is 4.39 Å². The van der Waals surface area contributed by atoms with Gasteiger partial charge in [-0.3, -0.25) is 4.79 Å². The van der Waals surface area contributed by atoms with Gasteiger partial charge in [-0.15, -0.1) is 0 Å². The number of amides is 1. The van der Waals surface area contributed by atoms with Gasteiger partial charge in [0.15, 0.2) is 5.17 Å². The molecule has 0 fully saturated rings. The lowest BCUT2D eigenvalue weighted by Crippen LogP contribution is -2.38. The number of halogens is 2. The van der Waals surface area contributed by atoms with Crippen molar-refractivity contribution in [3.63, 3.8) is 0 Å². The fraction of sp³-hybridized carbons (Fsp3) is 0.208. The summed E-state index contributed by atoms with van der Waals surface area (Å²) >= 11 is 7.89. The third-order valence-corrected chi connectivity index (χ3v) is 6.56. The number of nitrogens with zero attached hydrogens (tertiary/aromatic N) is 2. The molecule has 33 heavy (non-hydrogen) atoms. The zero-order chi connectivity index (χ0) is 23.5. The fourth-order valence-electron chi connectivity index (χ4n) is 3.81. The van der Waals surface area contributed by atoms with E-state index in [9.17, 15) is 14.0 Å². The van der Waals surface area contributed by atoms with Gasteiger partial charge in [-0.25, -0.2) is 14.2 Å². The van der Waals surface area contributed by atoms with Crippen molar-refractivity contribution in [3.05, 3.63) is 92.9 Å². The Kier molecular flexibility index (Phi) is 6.85. The average Bonchev–Trinajstić information content (AvgIpc) is 3.18. The minimum absolute atomic E-state index is 0.0514. The van der Waals surface area contributed by atoms with E-state index in [0.29, 0.717) is 38.3 Å².